The number of hydrogen-bond acceptors (Lipinski definition) is 0. The minimum Gasteiger partial charge on any atom is -0.159 e. The molecule has 0 aliphatic carbocycles. The van der Waals surface area contributed by atoms with Gasteiger partial charge in [-0.05, 0) is 0 Å². The zero-order chi connectivity index (χ0) is 5.21. The van der Waals surface area contributed by atoms with Crippen molar-refractivity contribution in [1.29, 1.82) is 0 Å². The predicted molar refractivity (Wildman–Crippen MR) is 30.3 cm³/mol. The van der Waals surface area contributed by atoms with Gasteiger partial charge in [-0.15, -0.1) is 0 Å². The topological polar surface area (TPSA) is 0 Å². The Balaban J connectivity index is 3.17. The van der Waals surface area contributed by atoms with Crippen molar-refractivity contribution >= 4 is 27.5 Å². The van der Waals surface area contributed by atoms with E-state index in [4.69, 9.17) is 2.74 Å². The summed E-state index contributed by atoms with van der Waals surface area (Å²) in [5.74, 6) is 0. The average Bonchev–Trinajstić information content (AvgIpc) is 1.35. The molecule has 0 fully saturated rings. The summed E-state index contributed by atoms with van der Waals surface area (Å²) in [7, 11) is 0. The molecule has 0 aromatic rings. The number of hydrogen-bond donors (Lipinski definition) is 0. The van der Waals surface area contributed by atoms with Gasteiger partial charge in [-0.25, -0.2) is 0 Å². The first kappa shape index (κ1) is 2.06. The van der Waals surface area contributed by atoms with Gasteiger partial charge in [0.1, 0.15) is 0 Å². The van der Waals surface area contributed by atoms with E-state index in [0.717, 1.165) is 0 Å². The molecule has 0 bridgehead atoms. The van der Waals surface area contributed by atoms with E-state index in [0.29, 0.717) is 0 Å². The molecule has 0 aliphatic heterocycles. The van der Waals surface area contributed by atoms with Crippen LogP contribution in [0.3, 0.4) is 0 Å². The number of halogens is 1. The quantitative estimate of drug-likeness (QED) is 0.412. The molecule has 0 amide bonds. The second kappa shape index (κ2) is 3.79. The maximum absolute atomic E-state index is 6.78. The van der Waals surface area contributed by atoms with Gasteiger partial charge in [0.25, 0.3) is 0 Å². The predicted octanol–water partition coefficient (Wildman–Crippen LogP) is 1.48. The third-order valence-corrected chi connectivity index (χ3v) is 0.732. The molecule has 1 atom stereocenters. The van der Waals surface area contributed by atoms with Crippen molar-refractivity contribution in [2.75, 3.05) is 0 Å². The highest BCUT2D eigenvalue weighted by molar-refractivity contribution is 14.1. The normalized spacial score (nSPS) is 29.5. The summed E-state index contributed by atoms with van der Waals surface area (Å²) >= 11 is 1.89. The lowest BCUT2D eigenvalue weighted by Gasteiger charge is -1.61. The Morgan fingerprint density at radius 3 is 3.25 bits per heavy atom. The first-order valence-corrected chi connectivity index (χ1v) is 2.25. The van der Waals surface area contributed by atoms with Gasteiger partial charge in [0.15, 0.2) is 5.14 Å². The van der Waals surface area contributed by atoms with Gasteiger partial charge in [0.05, 0.1) is 0 Å². The van der Waals surface area contributed by atoms with Crippen LogP contribution in [0.15, 0.2) is 0 Å². The molecule has 1 radical (unpaired) electrons. The summed E-state index contributed by atoms with van der Waals surface area (Å²) in [6, 6.07) is 0. The number of rotatable bonds is 1. The van der Waals surface area contributed by atoms with Crippen molar-refractivity contribution in [1.82, 2.24) is 0 Å². The minimum atomic E-state index is -1.10. The van der Waals surface area contributed by atoms with Crippen LogP contribution < -0.4 is 0 Å². The van der Waals surface area contributed by atoms with Gasteiger partial charge in [-0.2, -0.15) is 22.4 Å². The smallest absolute Gasteiger partial charge is 0.159 e. The van der Waals surface area contributed by atoms with E-state index in [-0.39, 0.29) is 0 Å². The summed E-state index contributed by atoms with van der Waals surface area (Å²) in [6.07, 6.45) is -1.10. The van der Waals surface area contributed by atoms with E-state index in [2.05, 4.69) is 0 Å². The van der Waals surface area contributed by atoms with Crippen LogP contribution in [0.25, 0.3) is 0 Å². The maximum Gasteiger partial charge on any atom is 0.199 e. The second-order valence-corrected chi connectivity index (χ2v) is 1.02. The van der Waals surface area contributed by atoms with E-state index >= 15 is 0 Å². The van der Waals surface area contributed by atoms with Gasteiger partial charge in [-0.1, -0.05) is 13.2 Å². The highest BCUT2D eigenvalue weighted by Crippen LogP contribution is 1.78. The lowest BCUT2D eigenvalue weighted by atomic mass is 10.1. The van der Waals surface area contributed by atoms with Crippen molar-refractivity contribution in [3.63, 3.8) is 0 Å². The largest absolute Gasteiger partial charge is 0.199 e. The van der Waals surface area contributed by atoms with Crippen molar-refractivity contribution in [2.24, 2.45) is 0 Å². The Morgan fingerprint density at radius 1 is 3.00 bits per heavy atom. The van der Waals surface area contributed by atoms with Gasteiger partial charge in [0, 0.05) is 2.74 Å². The van der Waals surface area contributed by atoms with Crippen molar-refractivity contribution in [2.45, 2.75) is 13.2 Å². The molecule has 0 heterocycles. The molecule has 0 rings (SSSR count). The zero-order valence-electron chi connectivity index (χ0n) is 4.46. The molecule has 0 N–H and O–H groups in total. The fourth-order valence-corrected chi connectivity index (χ4v) is 0. The second-order valence-electron chi connectivity index (χ2n) is 0.398. The fraction of sp³-hybridized carbons (Fsp3) is 1.00. The van der Waals surface area contributed by atoms with Crippen molar-refractivity contribution in [3.05, 3.63) is 0 Å². The molecule has 1 unspecified atom stereocenters. The Hall–Kier alpha value is 0.795. The fourth-order valence-electron chi connectivity index (χ4n) is 0. The summed E-state index contributed by atoms with van der Waals surface area (Å²) in [4.78, 5) is 0. The lowest BCUT2D eigenvalue weighted by molar-refractivity contribution is 1.48. The van der Waals surface area contributed by atoms with Crippen LogP contribution in [0, 0.1) is 0 Å². The molecule has 0 aliphatic rings. The van der Waals surface area contributed by atoms with Gasteiger partial charge < -0.3 is 0 Å². The summed E-state index contributed by atoms with van der Waals surface area (Å²) < 4.78 is 13.6. The monoisotopic (exact) mass is 170 g/mol. The Bertz CT molecular complexity index is 41.3. The molecule has 4 heavy (non-hydrogen) atoms. The van der Waals surface area contributed by atoms with Gasteiger partial charge in [-0.3, -0.25) is 0 Å². The van der Waals surface area contributed by atoms with Crippen molar-refractivity contribution in [3.8, 4) is 0 Å². The van der Waals surface area contributed by atoms with E-state index in [9.17, 15) is 0 Å². The molecule has 2 heteroatoms. The highest BCUT2D eigenvalue weighted by atomic mass is 127. The van der Waals surface area contributed by atoms with Crippen LogP contribution in [0.1, 0.15) is 9.67 Å². The Kier molecular flexibility index (Phi) is 1.95. The molecule has 0 saturated heterocycles. The van der Waals surface area contributed by atoms with Crippen LogP contribution in [0.4, 0.5) is 0 Å². The highest BCUT2D eigenvalue weighted by Gasteiger charge is 1.64. The van der Waals surface area contributed by atoms with Crippen LogP contribution >= 0.6 is 22.4 Å². The van der Waals surface area contributed by atoms with Crippen molar-refractivity contribution < 1.29 is 2.74 Å². The van der Waals surface area contributed by atoms with E-state index in [1.54, 1.807) is 0 Å². The molecular formula is C2H5BI. The third-order valence-electron chi connectivity index (χ3n) is 0.109. The van der Waals surface area contributed by atoms with Gasteiger partial charge in [0.2, 0.25) is 0 Å². The Morgan fingerprint density at radius 2 is 3.25 bits per heavy atom. The molecule has 0 aromatic carbocycles. The molecule has 0 nitrogen and oxygen atoms in total. The van der Waals surface area contributed by atoms with E-state index in [1.165, 1.54) is 12.1 Å². The SMILES string of the molecule is [2H]C([3H])(C)[B]I. The van der Waals surface area contributed by atoms with Gasteiger partial charge >= 0.3 is 0 Å². The van der Waals surface area contributed by atoms with Crippen LogP contribution in [-0.4, -0.2) is 5.14 Å². The zero-order valence-corrected chi connectivity index (χ0v) is 4.61. The van der Waals surface area contributed by atoms with E-state index < -0.39 is 6.27 Å². The maximum atomic E-state index is 6.78. The summed E-state index contributed by atoms with van der Waals surface area (Å²) in [5, 5.41) is 1.49. The Labute approximate surface area is 43.9 Å². The van der Waals surface area contributed by atoms with Crippen LogP contribution in [-0.2, 0) is 0 Å². The molecule has 0 spiro atoms. The summed E-state index contributed by atoms with van der Waals surface area (Å²) in [6.45, 7) is 1.51. The molecule has 23 valence electrons. The van der Waals surface area contributed by atoms with Crippen LogP contribution in [0.2, 0.25) is 6.27 Å². The standard InChI is InChI=1S/C2H5BI/c1-2-3-4/h2H2,1H3/i2TD. The van der Waals surface area contributed by atoms with E-state index in [1.807, 2.05) is 22.4 Å². The molecular weight excluding hydrogens is 162 g/mol. The first-order valence-electron chi connectivity index (χ1n) is 2.01. The molecule has 0 saturated carbocycles. The average molecular weight is 170 g/mol. The van der Waals surface area contributed by atoms with Crippen LogP contribution in [0.5, 0.6) is 0 Å². The first-order chi connectivity index (χ1) is 2.56. The summed E-state index contributed by atoms with van der Waals surface area (Å²) in [5.41, 5.74) is 0. The third kappa shape index (κ3) is 2.79. The minimum absolute atomic E-state index is 1.10. The lowest BCUT2D eigenvalue weighted by Crippen LogP contribution is -1.59. The molecule has 0 aromatic heterocycles.